The molecule has 62 valence electrons. The first kappa shape index (κ1) is 8.91. The molecular formula is C6H10NO2PS. The van der Waals surface area contributed by atoms with Gasteiger partial charge >= 0.3 is 0 Å². The Hall–Kier alpha value is -0.180. The van der Waals surface area contributed by atoms with E-state index < -0.39 is 7.37 Å². The molecule has 5 heteroatoms. The lowest BCUT2D eigenvalue weighted by atomic mass is 10.5. The molecule has 0 aliphatic rings. The van der Waals surface area contributed by atoms with Crippen LogP contribution in [0.3, 0.4) is 0 Å². The smallest absolute Gasteiger partial charge is 0.197 e. The molecule has 1 aromatic heterocycles. The molecule has 1 heterocycles. The van der Waals surface area contributed by atoms with Gasteiger partial charge in [-0.3, -0.25) is 4.57 Å². The zero-order chi connectivity index (χ0) is 8.32. The third-order valence-electron chi connectivity index (χ3n) is 1.01. The molecule has 0 saturated heterocycles. The van der Waals surface area contributed by atoms with Gasteiger partial charge in [-0.05, 0) is 0 Å². The first-order valence-electron chi connectivity index (χ1n) is 3.14. The van der Waals surface area contributed by atoms with E-state index in [-0.39, 0.29) is 0 Å². The van der Waals surface area contributed by atoms with Crippen molar-refractivity contribution in [1.29, 1.82) is 0 Å². The van der Waals surface area contributed by atoms with Crippen molar-refractivity contribution in [3.63, 3.8) is 0 Å². The predicted octanol–water partition coefficient (Wildman–Crippen LogP) is 2.20. The van der Waals surface area contributed by atoms with E-state index in [2.05, 4.69) is 4.98 Å². The number of nitrogens with zero attached hydrogens (tertiary/aromatic N) is 1. The Labute approximate surface area is 69.9 Å². The summed E-state index contributed by atoms with van der Waals surface area (Å²) in [6.45, 7) is 3.55. The summed E-state index contributed by atoms with van der Waals surface area (Å²) >= 11 is 1.51. The fraction of sp³-hybridized carbons (Fsp3) is 0.500. The molecule has 0 amide bonds. The van der Waals surface area contributed by atoms with Gasteiger partial charge in [-0.15, -0.1) is 11.3 Å². The molecule has 3 nitrogen and oxygen atoms in total. The minimum atomic E-state index is -2.34. The molecule has 0 aliphatic carbocycles. The van der Waals surface area contributed by atoms with E-state index in [1.54, 1.807) is 18.8 Å². The second kappa shape index (κ2) is 3.48. The van der Waals surface area contributed by atoms with Crippen LogP contribution < -0.4 is 0 Å². The van der Waals surface area contributed by atoms with Gasteiger partial charge in [0.15, 0.2) is 7.37 Å². The fourth-order valence-electron chi connectivity index (χ4n) is 0.530. The zero-order valence-electron chi connectivity index (χ0n) is 6.48. The second-order valence-electron chi connectivity index (χ2n) is 2.51. The highest BCUT2D eigenvalue weighted by Gasteiger charge is 2.07. The molecule has 0 atom stereocenters. The number of rotatable bonds is 3. The van der Waals surface area contributed by atoms with Crippen molar-refractivity contribution in [2.24, 2.45) is 0 Å². The van der Waals surface area contributed by atoms with Crippen molar-refractivity contribution >= 4 is 18.7 Å². The molecule has 0 N–H and O–H groups in total. The number of aromatic nitrogens is 1. The Bertz CT molecular complexity index is 254. The topological polar surface area (TPSA) is 39.2 Å². The highest BCUT2D eigenvalue weighted by atomic mass is 32.1. The lowest BCUT2D eigenvalue weighted by Crippen LogP contribution is -1.89. The highest BCUT2D eigenvalue weighted by Crippen LogP contribution is 2.38. The monoisotopic (exact) mass is 191 g/mol. The molecular weight excluding hydrogens is 181 g/mol. The maximum Gasteiger partial charge on any atom is 0.197 e. The van der Waals surface area contributed by atoms with Crippen LogP contribution in [0.25, 0.3) is 0 Å². The summed E-state index contributed by atoms with van der Waals surface area (Å²) in [7, 11) is -2.34. The molecule has 0 aromatic carbocycles. The quantitative estimate of drug-likeness (QED) is 0.687. The van der Waals surface area contributed by atoms with Gasteiger partial charge in [0.05, 0.1) is 17.8 Å². The van der Waals surface area contributed by atoms with E-state index in [9.17, 15) is 4.57 Å². The molecule has 0 saturated carbocycles. The Morgan fingerprint density at radius 2 is 2.45 bits per heavy atom. The standard InChI is InChI=1S/C6H10NO2PS/c1-10(2,8)9-3-6-4-11-5-7-6/h4-5H,3H2,1-2H3. The van der Waals surface area contributed by atoms with E-state index in [1.165, 1.54) is 11.3 Å². The summed E-state index contributed by atoms with van der Waals surface area (Å²) < 4.78 is 16.1. The summed E-state index contributed by atoms with van der Waals surface area (Å²) in [6, 6.07) is 0. The SMILES string of the molecule is CP(C)(=O)OCc1cscn1. The van der Waals surface area contributed by atoms with Crippen LogP contribution in [0, 0.1) is 0 Å². The van der Waals surface area contributed by atoms with Gasteiger partial charge in [-0.1, -0.05) is 0 Å². The predicted molar refractivity (Wildman–Crippen MR) is 46.4 cm³/mol. The van der Waals surface area contributed by atoms with Crippen molar-refractivity contribution in [2.45, 2.75) is 6.61 Å². The molecule has 0 spiro atoms. The van der Waals surface area contributed by atoms with Crippen molar-refractivity contribution in [3.05, 3.63) is 16.6 Å². The van der Waals surface area contributed by atoms with Gasteiger partial charge in [0.1, 0.15) is 0 Å². The summed E-state index contributed by atoms with van der Waals surface area (Å²) in [5, 5.41) is 1.88. The van der Waals surface area contributed by atoms with Crippen LogP contribution >= 0.6 is 18.7 Å². The largest absolute Gasteiger partial charge is 0.322 e. The van der Waals surface area contributed by atoms with E-state index >= 15 is 0 Å². The number of thiazole rings is 1. The molecule has 0 bridgehead atoms. The Morgan fingerprint density at radius 1 is 1.73 bits per heavy atom. The lowest BCUT2D eigenvalue weighted by Gasteiger charge is -2.05. The lowest BCUT2D eigenvalue weighted by molar-refractivity contribution is 0.306. The van der Waals surface area contributed by atoms with Crippen LogP contribution in [-0.2, 0) is 15.7 Å². The Morgan fingerprint density at radius 3 is 2.91 bits per heavy atom. The molecule has 11 heavy (non-hydrogen) atoms. The van der Waals surface area contributed by atoms with Crippen LogP contribution in [0.4, 0.5) is 0 Å². The van der Waals surface area contributed by atoms with E-state index in [1.807, 2.05) is 5.38 Å². The maximum absolute atomic E-state index is 11.1. The Kier molecular flexibility index (Phi) is 2.82. The van der Waals surface area contributed by atoms with Crippen LogP contribution in [0.1, 0.15) is 5.69 Å². The minimum Gasteiger partial charge on any atom is -0.322 e. The van der Waals surface area contributed by atoms with Gasteiger partial charge in [-0.2, -0.15) is 0 Å². The van der Waals surface area contributed by atoms with Gasteiger partial charge in [0.2, 0.25) is 0 Å². The molecule has 1 aromatic rings. The van der Waals surface area contributed by atoms with E-state index in [0.717, 1.165) is 5.69 Å². The second-order valence-corrected chi connectivity index (χ2v) is 5.99. The average Bonchev–Trinajstić information content (AvgIpc) is 2.32. The summed E-state index contributed by atoms with van der Waals surface area (Å²) in [5.74, 6) is 0. The minimum absolute atomic E-state index is 0.355. The Balaban J connectivity index is 2.41. The summed E-state index contributed by atoms with van der Waals surface area (Å²) in [6.07, 6.45) is 0. The van der Waals surface area contributed by atoms with Crippen LogP contribution in [-0.4, -0.2) is 18.3 Å². The van der Waals surface area contributed by atoms with E-state index in [0.29, 0.717) is 6.61 Å². The fourth-order valence-corrected chi connectivity index (χ4v) is 1.52. The van der Waals surface area contributed by atoms with Crippen LogP contribution in [0.2, 0.25) is 0 Å². The molecule has 0 aliphatic heterocycles. The van der Waals surface area contributed by atoms with Crippen molar-refractivity contribution in [2.75, 3.05) is 13.3 Å². The third-order valence-corrected chi connectivity index (χ3v) is 2.39. The first-order valence-corrected chi connectivity index (χ1v) is 6.61. The molecule has 0 fully saturated rings. The van der Waals surface area contributed by atoms with Gasteiger partial charge in [0, 0.05) is 18.7 Å². The molecule has 1 rings (SSSR count). The van der Waals surface area contributed by atoms with Gasteiger partial charge in [0.25, 0.3) is 0 Å². The van der Waals surface area contributed by atoms with E-state index in [4.69, 9.17) is 4.52 Å². The number of hydrogen-bond donors (Lipinski definition) is 0. The van der Waals surface area contributed by atoms with Gasteiger partial charge in [-0.25, -0.2) is 4.98 Å². The van der Waals surface area contributed by atoms with Gasteiger partial charge < -0.3 is 4.52 Å². The third kappa shape index (κ3) is 3.65. The average molecular weight is 191 g/mol. The van der Waals surface area contributed by atoms with Crippen molar-refractivity contribution in [3.8, 4) is 0 Å². The van der Waals surface area contributed by atoms with Crippen molar-refractivity contribution < 1.29 is 9.09 Å². The summed E-state index contributed by atoms with van der Waals surface area (Å²) in [5.41, 5.74) is 2.58. The van der Waals surface area contributed by atoms with Crippen LogP contribution in [0.5, 0.6) is 0 Å². The highest BCUT2D eigenvalue weighted by molar-refractivity contribution is 7.57. The molecule has 0 radical (unpaired) electrons. The van der Waals surface area contributed by atoms with Crippen molar-refractivity contribution in [1.82, 2.24) is 4.98 Å². The first-order chi connectivity index (χ1) is 5.08. The summed E-state index contributed by atoms with van der Waals surface area (Å²) in [4.78, 5) is 3.99. The zero-order valence-corrected chi connectivity index (χ0v) is 8.19. The molecule has 0 unspecified atom stereocenters. The maximum atomic E-state index is 11.1. The normalized spacial score (nSPS) is 11.8. The number of hydrogen-bond acceptors (Lipinski definition) is 4. The van der Waals surface area contributed by atoms with Crippen LogP contribution in [0.15, 0.2) is 10.9 Å².